The van der Waals surface area contributed by atoms with Gasteiger partial charge in [0.05, 0.1) is 26.2 Å². The number of hydrogen-bond acceptors (Lipinski definition) is 4. The van der Waals surface area contributed by atoms with E-state index in [1.165, 1.54) is 31.3 Å². The molecule has 6 nitrogen and oxygen atoms in total. The van der Waals surface area contributed by atoms with Crippen molar-refractivity contribution in [3.05, 3.63) is 64.2 Å². The predicted molar refractivity (Wildman–Crippen MR) is 77.6 cm³/mol. The highest BCUT2D eigenvalue weighted by Crippen LogP contribution is 2.22. The molecule has 1 atom stereocenters. The van der Waals surface area contributed by atoms with Crippen LogP contribution >= 0.6 is 0 Å². The fourth-order valence-electron chi connectivity index (χ4n) is 1.77. The first-order valence-corrected chi connectivity index (χ1v) is 7.17. The number of rotatable bonds is 4. The normalized spacial score (nSPS) is 11.7. The molecule has 21 heavy (non-hydrogen) atoms. The largest absolute Gasteiger partial charge is 0.355 e. The van der Waals surface area contributed by atoms with Crippen LogP contribution in [0, 0.1) is 10.1 Å². The number of nitrogens with zero attached hydrogens (tertiary/aromatic N) is 1. The Morgan fingerprint density at radius 3 is 2.33 bits per heavy atom. The molecule has 2 rings (SSSR count). The maximum atomic E-state index is 12.5. The number of carbonyl (C=O) groups is 1. The molecule has 0 radical (unpaired) electrons. The fraction of sp³-hybridized carbons (Fsp3) is 0.0714. The molecule has 0 spiro atoms. The monoisotopic (exact) mass is 304 g/mol. The van der Waals surface area contributed by atoms with Crippen LogP contribution in [0.5, 0.6) is 0 Å². The Bertz CT molecular complexity index is 713. The number of carbonyl (C=O) groups excluding carboxylic acids is 1. The third-order valence-corrected chi connectivity index (χ3v) is 4.28. The molecule has 1 amide bonds. The lowest BCUT2D eigenvalue weighted by atomic mass is 10.2. The van der Waals surface area contributed by atoms with Crippen LogP contribution in [0.15, 0.2) is 58.3 Å². The van der Waals surface area contributed by atoms with Crippen molar-refractivity contribution in [2.24, 2.45) is 0 Å². The molecule has 108 valence electrons. The van der Waals surface area contributed by atoms with Gasteiger partial charge in [-0.05, 0) is 24.3 Å². The maximum absolute atomic E-state index is 12.5. The minimum atomic E-state index is -1.59. The predicted octanol–water partition coefficient (Wildman–Crippen LogP) is 2.12. The number of hydrogen-bond donors (Lipinski definition) is 1. The molecule has 1 unspecified atom stereocenters. The van der Waals surface area contributed by atoms with Gasteiger partial charge in [0.25, 0.3) is 11.6 Å². The summed E-state index contributed by atoms with van der Waals surface area (Å²) in [5, 5.41) is 13.1. The lowest BCUT2D eigenvalue weighted by Gasteiger charge is -2.08. The second-order valence-electron chi connectivity index (χ2n) is 4.10. The third-order valence-electron chi connectivity index (χ3n) is 2.82. The zero-order chi connectivity index (χ0) is 15.4. The standard InChI is InChI=1S/C14H12N2O4S/c1-15-14(17)12-4-2-3-5-13(12)21(20)11-8-6-10(7-9-11)16(18)19/h2-9H,1H3,(H,15,17). The summed E-state index contributed by atoms with van der Waals surface area (Å²) in [6, 6.07) is 12.0. The van der Waals surface area contributed by atoms with Gasteiger partial charge in [-0.25, -0.2) is 4.21 Å². The van der Waals surface area contributed by atoms with Crippen LogP contribution in [0.2, 0.25) is 0 Å². The van der Waals surface area contributed by atoms with Gasteiger partial charge in [-0.15, -0.1) is 0 Å². The van der Waals surface area contributed by atoms with E-state index in [0.717, 1.165) is 0 Å². The number of non-ortho nitro benzene ring substituents is 1. The van der Waals surface area contributed by atoms with Crippen molar-refractivity contribution in [1.29, 1.82) is 0 Å². The van der Waals surface area contributed by atoms with E-state index in [1.807, 2.05) is 0 Å². The second-order valence-corrected chi connectivity index (χ2v) is 5.54. The van der Waals surface area contributed by atoms with E-state index in [-0.39, 0.29) is 11.6 Å². The highest BCUT2D eigenvalue weighted by molar-refractivity contribution is 7.85. The summed E-state index contributed by atoms with van der Waals surface area (Å²) in [6.45, 7) is 0. The van der Waals surface area contributed by atoms with Crippen LogP contribution in [-0.4, -0.2) is 22.1 Å². The van der Waals surface area contributed by atoms with E-state index in [4.69, 9.17) is 0 Å². The Kier molecular flexibility index (Phi) is 4.44. The molecule has 2 aromatic carbocycles. The van der Waals surface area contributed by atoms with Crippen molar-refractivity contribution < 1.29 is 13.9 Å². The molecular weight excluding hydrogens is 292 g/mol. The molecule has 0 heterocycles. The molecule has 2 aromatic rings. The van der Waals surface area contributed by atoms with E-state index in [1.54, 1.807) is 24.3 Å². The fourth-order valence-corrected chi connectivity index (χ4v) is 2.97. The molecule has 0 aliphatic heterocycles. The highest BCUT2D eigenvalue weighted by Gasteiger charge is 2.16. The van der Waals surface area contributed by atoms with Gasteiger partial charge in [-0.2, -0.15) is 0 Å². The van der Waals surface area contributed by atoms with Crippen molar-refractivity contribution in [2.75, 3.05) is 7.05 Å². The molecule has 1 N–H and O–H groups in total. The molecular formula is C14H12N2O4S. The van der Waals surface area contributed by atoms with Crippen LogP contribution in [0.1, 0.15) is 10.4 Å². The van der Waals surface area contributed by atoms with Gasteiger partial charge in [0.1, 0.15) is 0 Å². The Labute approximate surface area is 123 Å². The van der Waals surface area contributed by atoms with Gasteiger partial charge in [0.2, 0.25) is 0 Å². The minimum Gasteiger partial charge on any atom is -0.355 e. The van der Waals surface area contributed by atoms with Gasteiger partial charge in [0, 0.05) is 24.1 Å². The Morgan fingerprint density at radius 2 is 1.76 bits per heavy atom. The molecule has 7 heteroatoms. The first-order valence-electron chi connectivity index (χ1n) is 6.02. The van der Waals surface area contributed by atoms with Crippen molar-refractivity contribution in [3.8, 4) is 0 Å². The lowest BCUT2D eigenvalue weighted by Crippen LogP contribution is -2.19. The number of amides is 1. The lowest BCUT2D eigenvalue weighted by molar-refractivity contribution is -0.384. The number of benzene rings is 2. The quantitative estimate of drug-likeness (QED) is 0.692. The van der Waals surface area contributed by atoms with E-state index >= 15 is 0 Å². The molecule has 0 saturated carbocycles. The number of nitro benzene ring substituents is 1. The SMILES string of the molecule is CNC(=O)c1ccccc1S(=O)c1ccc([N+](=O)[O-])cc1. The summed E-state index contributed by atoms with van der Waals surface area (Å²) >= 11 is 0. The summed E-state index contributed by atoms with van der Waals surface area (Å²) in [4.78, 5) is 22.6. The minimum absolute atomic E-state index is 0.0738. The topological polar surface area (TPSA) is 89.3 Å². The highest BCUT2D eigenvalue weighted by atomic mass is 32.2. The molecule has 0 aromatic heterocycles. The van der Waals surface area contributed by atoms with Gasteiger partial charge in [-0.3, -0.25) is 14.9 Å². The van der Waals surface area contributed by atoms with E-state index < -0.39 is 15.7 Å². The smallest absolute Gasteiger partial charge is 0.269 e. The van der Waals surface area contributed by atoms with Crippen LogP contribution in [-0.2, 0) is 10.8 Å². The number of nitro groups is 1. The first kappa shape index (κ1) is 14.9. The number of nitrogens with one attached hydrogen (secondary N) is 1. The average Bonchev–Trinajstić information content (AvgIpc) is 2.53. The molecule has 0 fully saturated rings. The van der Waals surface area contributed by atoms with Gasteiger partial charge in [-0.1, -0.05) is 12.1 Å². The molecule has 0 bridgehead atoms. The zero-order valence-electron chi connectivity index (χ0n) is 11.1. The van der Waals surface area contributed by atoms with Gasteiger partial charge in [0.15, 0.2) is 0 Å². The van der Waals surface area contributed by atoms with Crippen molar-refractivity contribution in [1.82, 2.24) is 5.32 Å². The van der Waals surface area contributed by atoms with Gasteiger partial charge < -0.3 is 5.32 Å². The molecule has 0 saturated heterocycles. The zero-order valence-corrected chi connectivity index (χ0v) is 11.9. The second kappa shape index (κ2) is 6.27. The molecule has 0 aliphatic rings. The first-order chi connectivity index (χ1) is 10.0. The molecule has 0 aliphatic carbocycles. The summed E-state index contributed by atoms with van der Waals surface area (Å²) in [5.41, 5.74) is 0.243. The van der Waals surface area contributed by atoms with E-state index in [2.05, 4.69) is 5.32 Å². The van der Waals surface area contributed by atoms with Gasteiger partial charge >= 0.3 is 0 Å². The van der Waals surface area contributed by atoms with Crippen molar-refractivity contribution in [2.45, 2.75) is 9.79 Å². The summed E-state index contributed by atoms with van der Waals surface area (Å²) in [7, 11) is -0.0915. The van der Waals surface area contributed by atoms with Crippen LogP contribution in [0.3, 0.4) is 0 Å². The van der Waals surface area contributed by atoms with Crippen LogP contribution < -0.4 is 5.32 Å². The van der Waals surface area contributed by atoms with Crippen LogP contribution in [0.25, 0.3) is 0 Å². The van der Waals surface area contributed by atoms with Crippen LogP contribution in [0.4, 0.5) is 5.69 Å². The Morgan fingerprint density at radius 1 is 1.14 bits per heavy atom. The average molecular weight is 304 g/mol. The Balaban J connectivity index is 2.40. The third kappa shape index (κ3) is 3.14. The van der Waals surface area contributed by atoms with Crippen molar-refractivity contribution >= 4 is 22.4 Å². The maximum Gasteiger partial charge on any atom is 0.269 e. The summed E-state index contributed by atoms with van der Waals surface area (Å²) in [5.74, 6) is -0.333. The Hall–Kier alpha value is -2.54. The van der Waals surface area contributed by atoms with E-state index in [0.29, 0.717) is 15.4 Å². The van der Waals surface area contributed by atoms with E-state index in [9.17, 15) is 19.1 Å². The van der Waals surface area contributed by atoms with Crippen molar-refractivity contribution in [3.63, 3.8) is 0 Å². The summed E-state index contributed by atoms with van der Waals surface area (Å²) in [6.07, 6.45) is 0. The summed E-state index contributed by atoms with van der Waals surface area (Å²) < 4.78 is 12.5.